The number of aliphatic hydroxyl groups excluding tert-OH is 1. The largest absolute Gasteiger partial charge is 0.493 e. The number of benzene rings is 2. The number of aryl methyl sites for hydroxylation is 1. The Bertz CT molecular complexity index is 1080. The number of hydrogen-bond donors (Lipinski definition) is 2. The van der Waals surface area contributed by atoms with Crippen LogP contribution in [0.25, 0.3) is 0 Å². The molecule has 4 rings (SSSR count). The molecule has 0 radical (unpaired) electrons. The Kier molecular flexibility index (Phi) is 4.96. The summed E-state index contributed by atoms with van der Waals surface area (Å²) in [6.07, 6.45) is 4.83. The van der Waals surface area contributed by atoms with Crippen molar-refractivity contribution >= 4 is 21.9 Å². The van der Waals surface area contributed by atoms with Gasteiger partial charge in [-0.25, -0.2) is 13.8 Å². The van der Waals surface area contributed by atoms with E-state index in [1.807, 2.05) is 4.72 Å². The van der Waals surface area contributed by atoms with Gasteiger partial charge in [-0.05, 0) is 60.6 Å². The standard InChI is InChI=1S/C21H22N2O5S/c1-2-14-8-9-16-12-19(28-21(25)15-6-4-3-5-7-15)18(11-17(16)10-14)23-13-20(24)22-29(23,26)27/h3-7,11-14,22,24H,2,8-10H2,1H3. The van der Waals surface area contributed by atoms with Crippen LogP contribution in [0.5, 0.6) is 5.75 Å². The van der Waals surface area contributed by atoms with E-state index >= 15 is 0 Å². The number of hydrogen-bond acceptors (Lipinski definition) is 5. The fourth-order valence-electron chi connectivity index (χ4n) is 3.77. The predicted octanol–water partition coefficient (Wildman–Crippen LogP) is 3.43. The molecule has 0 saturated heterocycles. The van der Waals surface area contributed by atoms with Gasteiger partial charge in [0.05, 0.1) is 11.8 Å². The van der Waals surface area contributed by atoms with Crippen molar-refractivity contribution in [2.45, 2.75) is 32.6 Å². The lowest BCUT2D eigenvalue weighted by molar-refractivity contribution is 0.0735. The maximum Gasteiger partial charge on any atom is 0.343 e. The first-order chi connectivity index (χ1) is 13.9. The van der Waals surface area contributed by atoms with Gasteiger partial charge in [0, 0.05) is 0 Å². The average Bonchev–Trinajstić information content (AvgIpc) is 2.99. The number of esters is 1. The number of ether oxygens (including phenoxy) is 1. The maximum absolute atomic E-state index is 12.6. The summed E-state index contributed by atoms with van der Waals surface area (Å²) >= 11 is 0. The highest BCUT2D eigenvalue weighted by Gasteiger charge is 2.33. The second-order valence-electron chi connectivity index (χ2n) is 7.28. The van der Waals surface area contributed by atoms with Crippen molar-refractivity contribution in [1.82, 2.24) is 4.72 Å². The van der Waals surface area contributed by atoms with E-state index in [-0.39, 0.29) is 11.4 Å². The average molecular weight is 414 g/mol. The fourth-order valence-corrected chi connectivity index (χ4v) is 4.83. The van der Waals surface area contributed by atoms with E-state index in [1.165, 1.54) is 0 Å². The summed E-state index contributed by atoms with van der Waals surface area (Å²) in [6.45, 7) is 2.14. The van der Waals surface area contributed by atoms with Crippen molar-refractivity contribution in [1.29, 1.82) is 0 Å². The smallest absolute Gasteiger partial charge is 0.343 e. The Labute approximate surface area is 169 Å². The molecule has 0 saturated carbocycles. The van der Waals surface area contributed by atoms with Gasteiger partial charge in [0.15, 0.2) is 5.75 Å². The Morgan fingerprint density at radius 1 is 1.24 bits per heavy atom. The van der Waals surface area contributed by atoms with E-state index in [0.717, 1.165) is 47.3 Å². The van der Waals surface area contributed by atoms with Crippen molar-refractivity contribution in [3.05, 3.63) is 71.2 Å². The summed E-state index contributed by atoms with van der Waals surface area (Å²) in [7, 11) is -4.01. The molecule has 0 fully saturated rings. The SMILES string of the molecule is CCC1CCc2cc(OC(=O)c3ccccc3)c(N3C=C(O)NS3(=O)=O)cc2C1. The lowest BCUT2D eigenvalue weighted by Crippen LogP contribution is -2.30. The molecule has 2 N–H and O–H groups in total. The van der Waals surface area contributed by atoms with E-state index in [9.17, 15) is 18.3 Å². The molecule has 0 amide bonds. The Morgan fingerprint density at radius 2 is 2.00 bits per heavy atom. The number of aliphatic hydroxyl groups is 1. The minimum Gasteiger partial charge on any atom is -0.493 e. The summed E-state index contributed by atoms with van der Waals surface area (Å²) in [6, 6.07) is 12.0. The normalized spacial score (nSPS) is 19.8. The molecule has 2 aromatic rings. The van der Waals surface area contributed by atoms with Gasteiger partial charge in [-0.1, -0.05) is 31.5 Å². The molecule has 1 aliphatic carbocycles. The van der Waals surface area contributed by atoms with E-state index in [1.54, 1.807) is 42.5 Å². The van der Waals surface area contributed by atoms with Gasteiger partial charge in [0.2, 0.25) is 5.88 Å². The summed E-state index contributed by atoms with van der Waals surface area (Å²) in [4.78, 5) is 12.6. The summed E-state index contributed by atoms with van der Waals surface area (Å²) in [5.41, 5.74) is 2.64. The highest BCUT2D eigenvalue weighted by atomic mass is 32.2. The number of nitrogens with one attached hydrogen (secondary N) is 1. The van der Waals surface area contributed by atoms with Crippen LogP contribution < -0.4 is 13.8 Å². The van der Waals surface area contributed by atoms with Crippen LogP contribution in [0, 0.1) is 5.92 Å². The molecule has 7 nitrogen and oxygen atoms in total. The minimum absolute atomic E-state index is 0.142. The quantitative estimate of drug-likeness (QED) is 0.590. The zero-order valence-electron chi connectivity index (χ0n) is 16.0. The van der Waals surface area contributed by atoms with Crippen LogP contribution >= 0.6 is 0 Å². The Balaban J connectivity index is 1.78. The molecular formula is C21H22N2O5S. The lowest BCUT2D eigenvalue weighted by Gasteiger charge is -2.26. The predicted molar refractivity (Wildman–Crippen MR) is 109 cm³/mol. The highest BCUT2D eigenvalue weighted by molar-refractivity contribution is 7.91. The molecule has 2 aromatic carbocycles. The molecule has 1 atom stereocenters. The molecular weight excluding hydrogens is 392 g/mol. The van der Waals surface area contributed by atoms with Crippen LogP contribution in [-0.4, -0.2) is 19.5 Å². The molecule has 0 spiro atoms. The van der Waals surface area contributed by atoms with E-state index in [4.69, 9.17) is 4.74 Å². The maximum atomic E-state index is 12.6. The van der Waals surface area contributed by atoms with Crippen LogP contribution in [-0.2, 0) is 23.1 Å². The number of nitrogens with zero attached hydrogens (tertiary/aromatic N) is 1. The van der Waals surface area contributed by atoms with Gasteiger partial charge < -0.3 is 9.84 Å². The summed E-state index contributed by atoms with van der Waals surface area (Å²) < 4.78 is 33.4. The number of fused-ring (bicyclic) bond motifs is 1. The first-order valence-corrected chi connectivity index (χ1v) is 11.0. The molecule has 29 heavy (non-hydrogen) atoms. The number of carbonyl (C=O) groups is 1. The van der Waals surface area contributed by atoms with Crippen LogP contribution in [0.3, 0.4) is 0 Å². The van der Waals surface area contributed by atoms with Crippen molar-refractivity contribution < 1.29 is 23.1 Å². The summed E-state index contributed by atoms with van der Waals surface area (Å²) in [5.74, 6) is -0.393. The molecule has 2 aliphatic rings. The van der Waals surface area contributed by atoms with Crippen LogP contribution in [0.2, 0.25) is 0 Å². The molecule has 1 aliphatic heterocycles. The van der Waals surface area contributed by atoms with Gasteiger partial charge in [0.25, 0.3) is 0 Å². The zero-order chi connectivity index (χ0) is 20.6. The third-order valence-corrected chi connectivity index (χ3v) is 6.66. The van der Waals surface area contributed by atoms with Crippen molar-refractivity contribution in [2.24, 2.45) is 5.92 Å². The van der Waals surface area contributed by atoms with Gasteiger partial charge in [-0.3, -0.25) is 0 Å². The van der Waals surface area contributed by atoms with Gasteiger partial charge >= 0.3 is 16.2 Å². The minimum atomic E-state index is -4.01. The Hall–Kier alpha value is -3.00. The van der Waals surface area contributed by atoms with E-state index in [2.05, 4.69) is 6.92 Å². The van der Waals surface area contributed by atoms with Gasteiger partial charge in [-0.15, -0.1) is 0 Å². The topological polar surface area (TPSA) is 95.9 Å². The number of rotatable bonds is 4. The van der Waals surface area contributed by atoms with Gasteiger partial charge in [-0.2, -0.15) is 8.42 Å². The second kappa shape index (κ2) is 7.44. The first kappa shape index (κ1) is 19.3. The monoisotopic (exact) mass is 414 g/mol. The number of carbonyl (C=O) groups excluding carboxylic acids is 1. The third kappa shape index (κ3) is 3.80. The molecule has 1 heterocycles. The van der Waals surface area contributed by atoms with Crippen molar-refractivity contribution in [3.63, 3.8) is 0 Å². The summed E-state index contributed by atoms with van der Waals surface area (Å²) in [5, 5.41) is 9.69. The molecule has 8 heteroatoms. The molecule has 0 bridgehead atoms. The molecule has 1 unspecified atom stereocenters. The number of anilines is 1. The lowest BCUT2D eigenvalue weighted by atomic mass is 9.82. The van der Waals surface area contributed by atoms with E-state index in [0.29, 0.717) is 11.5 Å². The highest BCUT2D eigenvalue weighted by Crippen LogP contribution is 2.39. The van der Waals surface area contributed by atoms with Crippen LogP contribution in [0.15, 0.2) is 54.5 Å². The second-order valence-corrected chi connectivity index (χ2v) is 8.83. The third-order valence-electron chi connectivity index (χ3n) is 5.37. The molecule has 152 valence electrons. The van der Waals surface area contributed by atoms with Gasteiger partial charge in [0.1, 0.15) is 5.69 Å². The van der Waals surface area contributed by atoms with Crippen molar-refractivity contribution in [3.8, 4) is 5.75 Å². The first-order valence-electron chi connectivity index (χ1n) is 9.53. The fraction of sp³-hybridized carbons (Fsp3) is 0.286. The zero-order valence-corrected chi connectivity index (χ0v) is 16.8. The Morgan fingerprint density at radius 3 is 2.66 bits per heavy atom. The van der Waals surface area contributed by atoms with Crippen LogP contribution in [0.1, 0.15) is 41.3 Å². The van der Waals surface area contributed by atoms with Crippen LogP contribution in [0.4, 0.5) is 5.69 Å². The van der Waals surface area contributed by atoms with E-state index < -0.39 is 22.1 Å². The van der Waals surface area contributed by atoms with Crippen molar-refractivity contribution in [2.75, 3.05) is 4.31 Å². The molecule has 0 aromatic heterocycles.